The molecule has 1 amide bonds. The highest BCUT2D eigenvalue weighted by molar-refractivity contribution is 5.97. The molecule has 1 fully saturated rings. The number of rotatable bonds is 2. The molecular weight excluding hydrogens is 254 g/mol. The number of benzene rings is 1. The molecule has 0 N–H and O–H groups in total. The normalized spacial score (nSPS) is 18.9. The Morgan fingerprint density at radius 2 is 2.10 bits per heavy atom. The maximum Gasteiger partial charge on any atom is 0.232 e. The van der Waals surface area contributed by atoms with Crippen LogP contribution in [0, 0.1) is 20.8 Å². The van der Waals surface area contributed by atoms with Gasteiger partial charge in [0.05, 0.1) is 5.92 Å². The Morgan fingerprint density at radius 3 is 2.80 bits per heavy atom. The third-order valence-electron chi connectivity index (χ3n) is 3.67. The molecule has 1 aliphatic rings. The van der Waals surface area contributed by atoms with Crippen LogP contribution in [0.25, 0.3) is 0 Å². The lowest BCUT2D eigenvalue weighted by molar-refractivity contribution is -0.117. The topological polar surface area (TPSA) is 59.2 Å². The van der Waals surface area contributed by atoms with Gasteiger partial charge in [-0.25, -0.2) is 0 Å². The second kappa shape index (κ2) is 4.74. The van der Waals surface area contributed by atoms with Crippen LogP contribution in [0.15, 0.2) is 22.7 Å². The SMILES string of the molecule is Cc1ccc(C)c(N2CC(c3nc(C)no3)CC2=O)c1. The smallest absolute Gasteiger partial charge is 0.232 e. The minimum atomic E-state index is -0.0105. The number of anilines is 1. The van der Waals surface area contributed by atoms with Gasteiger partial charge in [0.15, 0.2) is 5.82 Å². The van der Waals surface area contributed by atoms with Crippen LogP contribution in [-0.2, 0) is 4.79 Å². The van der Waals surface area contributed by atoms with E-state index in [2.05, 4.69) is 22.3 Å². The van der Waals surface area contributed by atoms with Gasteiger partial charge >= 0.3 is 0 Å². The second-order valence-corrected chi connectivity index (χ2v) is 5.38. The van der Waals surface area contributed by atoms with Gasteiger partial charge in [-0.1, -0.05) is 17.3 Å². The van der Waals surface area contributed by atoms with E-state index in [9.17, 15) is 4.79 Å². The summed E-state index contributed by atoms with van der Waals surface area (Å²) >= 11 is 0. The summed E-state index contributed by atoms with van der Waals surface area (Å²) in [6, 6.07) is 6.15. The molecule has 1 unspecified atom stereocenters. The van der Waals surface area contributed by atoms with Crippen molar-refractivity contribution in [3.05, 3.63) is 41.0 Å². The first-order chi connectivity index (χ1) is 9.54. The molecule has 1 aromatic carbocycles. The van der Waals surface area contributed by atoms with Gasteiger partial charge in [-0.15, -0.1) is 0 Å². The van der Waals surface area contributed by atoms with Crippen molar-refractivity contribution in [2.75, 3.05) is 11.4 Å². The van der Waals surface area contributed by atoms with E-state index in [-0.39, 0.29) is 11.8 Å². The highest BCUT2D eigenvalue weighted by atomic mass is 16.5. The molecule has 5 nitrogen and oxygen atoms in total. The number of amides is 1. The number of hydrogen-bond acceptors (Lipinski definition) is 4. The molecule has 5 heteroatoms. The monoisotopic (exact) mass is 271 g/mol. The first kappa shape index (κ1) is 12.8. The number of carbonyl (C=O) groups is 1. The summed E-state index contributed by atoms with van der Waals surface area (Å²) in [4.78, 5) is 18.3. The molecule has 104 valence electrons. The zero-order valence-electron chi connectivity index (χ0n) is 11.9. The van der Waals surface area contributed by atoms with Crippen LogP contribution in [0.3, 0.4) is 0 Å². The summed E-state index contributed by atoms with van der Waals surface area (Å²) in [6.45, 7) is 6.44. The molecule has 0 aliphatic carbocycles. The van der Waals surface area contributed by atoms with E-state index in [1.807, 2.05) is 24.8 Å². The molecule has 0 saturated carbocycles. The zero-order valence-corrected chi connectivity index (χ0v) is 11.9. The van der Waals surface area contributed by atoms with E-state index in [1.54, 1.807) is 6.92 Å². The number of aromatic nitrogens is 2. The van der Waals surface area contributed by atoms with Crippen LogP contribution < -0.4 is 4.90 Å². The Balaban J connectivity index is 1.89. The first-order valence-electron chi connectivity index (χ1n) is 6.72. The minimum Gasteiger partial charge on any atom is -0.339 e. The van der Waals surface area contributed by atoms with Crippen molar-refractivity contribution >= 4 is 11.6 Å². The van der Waals surface area contributed by atoms with Gasteiger partial charge in [0.25, 0.3) is 0 Å². The minimum absolute atomic E-state index is 0.0105. The van der Waals surface area contributed by atoms with E-state index in [0.717, 1.165) is 16.8 Å². The van der Waals surface area contributed by atoms with Gasteiger partial charge in [-0.3, -0.25) is 4.79 Å². The molecule has 0 radical (unpaired) electrons. The van der Waals surface area contributed by atoms with Crippen LogP contribution in [-0.4, -0.2) is 22.6 Å². The number of nitrogens with zero attached hydrogens (tertiary/aromatic N) is 3. The molecule has 2 heterocycles. The highest BCUT2D eigenvalue weighted by Crippen LogP contribution is 2.33. The van der Waals surface area contributed by atoms with E-state index < -0.39 is 0 Å². The van der Waals surface area contributed by atoms with Crippen LogP contribution in [0.5, 0.6) is 0 Å². The van der Waals surface area contributed by atoms with Gasteiger partial charge in [0, 0.05) is 18.7 Å². The van der Waals surface area contributed by atoms with Gasteiger partial charge < -0.3 is 9.42 Å². The molecule has 1 saturated heterocycles. The first-order valence-corrected chi connectivity index (χ1v) is 6.72. The van der Waals surface area contributed by atoms with Crippen molar-refractivity contribution < 1.29 is 9.32 Å². The fourth-order valence-electron chi connectivity index (χ4n) is 2.59. The average molecular weight is 271 g/mol. The lowest BCUT2D eigenvalue weighted by Crippen LogP contribution is -2.25. The fraction of sp³-hybridized carbons (Fsp3) is 0.400. The quantitative estimate of drug-likeness (QED) is 0.842. The molecule has 1 aromatic heterocycles. The molecule has 1 atom stereocenters. The molecule has 1 aliphatic heterocycles. The molecule has 2 aromatic rings. The van der Waals surface area contributed by atoms with Gasteiger partial charge in [0.2, 0.25) is 11.8 Å². The van der Waals surface area contributed by atoms with Crippen LogP contribution in [0.1, 0.15) is 35.2 Å². The lowest BCUT2D eigenvalue weighted by atomic mass is 10.1. The molecule has 0 spiro atoms. The van der Waals surface area contributed by atoms with Crippen molar-refractivity contribution in [3.8, 4) is 0 Å². The van der Waals surface area contributed by atoms with Crippen molar-refractivity contribution in [3.63, 3.8) is 0 Å². The number of carbonyl (C=O) groups excluding carboxylic acids is 1. The van der Waals surface area contributed by atoms with Crippen molar-refractivity contribution in [2.24, 2.45) is 0 Å². The van der Waals surface area contributed by atoms with Crippen molar-refractivity contribution in [1.29, 1.82) is 0 Å². The summed E-state index contributed by atoms with van der Waals surface area (Å²) in [5.74, 6) is 1.27. The maximum absolute atomic E-state index is 12.3. The number of hydrogen-bond donors (Lipinski definition) is 0. The Bertz CT molecular complexity index is 663. The largest absolute Gasteiger partial charge is 0.339 e. The van der Waals surface area contributed by atoms with Crippen LogP contribution in [0.4, 0.5) is 5.69 Å². The van der Waals surface area contributed by atoms with Crippen LogP contribution in [0.2, 0.25) is 0 Å². The van der Waals surface area contributed by atoms with Gasteiger partial charge in [-0.05, 0) is 38.0 Å². The van der Waals surface area contributed by atoms with Gasteiger partial charge in [-0.2, -0.15) is 4.98 Å². The van der Waals surface area contributed by atoms with E-state index in [1.165, 1.54) is 0 Å². The predicted octanol–water partition coefficient (Wildman–Crippen LogP) is 2.52. The average Bonchev–Trinajstić information content (AvgIpc) is 2.99. The van der Waals surface area contributed by atoms with Crippen molar-refractivity contribution in [2.45, 2.75) is 33.1 Å². The van der Waals surface area contributed by atoms with Crippen molar-refractivity contribution in [1.82, 2.24) is 10.1 Å². The summed E-state index contributed by atoms with van der Waals surface area (Å²) in [7, 11) is 0. The standard InChI is InChI=1S/C15H17N3O2/c1-9-4-5-10(2)13(6-9)18-8-12(7-14(18)19)15-16-11(3)17-20-15/h4-6,12H,7-8H2,1-3H3. The third kappa shape index (κ3) is 2.19. The molecule has 20 heavy (non-hydrogen) atoms. The Labute approximate surface area is 117 Å². The highest BCUT2D eigenvalue weighted by Gasteiger charge is 2.35. The Morgan fingerprint density at radius 1 is 1.30 bits per heavy atom. The summed E-state index contributed by atoms with van der Waals surface area (Å²) < 4.78 is 5.19. The third-order valence-corrected chi connectivity index (χ3v) is 3.67. The molecular formula is C15H17N3O2. The number of aryl methyl sites for hydroxylation is 3. The molecule has 0 bridgehead atoms. The Kier molecular flexibility index (Phi) is 3.04. The summed E-state index contributed by atoms with van der Waals surface area (Å²) in [5, 5.41) is 3.80. The fourth-order valence-corrected chi connectivity index (χ4v) is 2.59. The zero-order chi connectivity index (χ0) is 14.3. The van der Waals surface area contributed by atoms with E-state index >= 15 is 0 Å². The second-order valence-electron chi connectivity index (χ2n) is 5.38. The maximum atomic E-state index is 12.3. The summed E-state index contributed by atoms with van der Waals surface area (Å²) in [5.41, 5.74) is 3.23. The van der Waals surface area contributed by atoms with E-state index in [0.29, 0.717) is 24.7 Å². The lowest BCUT2D eigenvalue weighted by Gasteiger charge is -2.19. The van der Waals surface area contributed by atoms with E-state index in [4.69, 9.17) is 4.52 Å². The van der Waals surface area contributed by atoms with Crippen LogP contribution >= 0.6 is 0 Å². The predicted molar refractivity (Wildman–Crippen MR) is 74.7 cm³/mol. The molecule has 3 rings (SSSR count). The Hall–Kier alpha value is -2.17. The van der Waals surface area contributed by atoms with Gasteiger partial charge in [0.1, 0.15) is 0 Å². The summed E-state index contributed by atoms with van der Waals surface area (Å²) in [6.07, 6.45) is 0.426.